The Bertz CT molecular complexity index is 991. The van der Waals surface area contributed by atoms with Crippen LogP contribution in [0.3, 0.4) is 0 Å². The maximum Gasteiger partial charge on any atom is 0.243 e. The number of carbonyl (C=O) groups is 1. The number of rotatable bonds is 8. The highest BCUT2D eigenvalue weighted by Crippen LogP contribution is 2.26. The van der Waals surface area contributed by atoms with Crippen LogP contribution >= 0.6 is 0 Å². The molecule has 1 fully saturated rings. The van der Waals surface area contributed by atoms with Crippen LogP contribution in [0.25, 0.3) is 0 Å². The molecule has 0 aliphatic carbocycles. The van der Waals surface area contributed by atoms with Crippen LogP contribution in [0.2, 0.25) is 0 Å². The first kappa shape index (κ1) is 23.1. The quantitative estimate of drug-likeness (QED) is 0.674. The van der Waals surface area contributed by atoms with Gasteiger partial charge in [0.25, 0.3) is 0 Å². The van der Waals surface area contributed by atoms with Gasteiger partial charge in [0.05, 0.1) is 24.0 Å². The van der Waals surface area contributed by atoms with Crippen molar-refractivity contribution in [1.82, 2.24) is 9.62 Å². The first-order valence-corrected chi connectivity index (χ1v) is 11.9. The topological polar surface area (TPSA) is 84.9 Å². The minimum absolute atomic E-state index is 0.153. The van der Waals surface area contributed by atoms with Gasteiger partial charge in [-0.2, -0.15) is 4.31 Å². The molecule has 0 bridgehead atoms. The van der Waals surface area contributed by atoms with Crippen molar-refractivity contribution < 1.29 is 22.7 Å². The van der Waals surface area contributed by atoms with Gasteiger partial charge in [-0.15, -0.1) is 0 Å². The standard InChI is InChI=1S/C23H30N2O5S/c1-17-10-12-20(13-11-17)31(27,28)25-14-6-7-19(15-25)23(26)24-18(2)16-30-22-9-5-4-8-21(22)29-3/h4-5,8-13,18-19H,6-7,14-16H2,1-3H3,(H,24,26)/t18-,19-/m1/s1. The van der Waals surface area contributed by atoms with Gasteiger partial charge in [-0.3, -0.25) is 4.79 Å². The largest absolute Gasteiger partial charge is 0.493 e. The van der Waals surface area contributed by atoms with Gasteiger partial charge in [0.2, 0.25) is 15.9 Å². The molecule has 3 rings (SSSR count). The lowest BCUT2D eigenvalue weighted by atomic mass is 9.98. The third-order valence-corrected chi connectivity index (χ3v) is 7.24. The van der Waals surface area contributed by atoms with Crippen LogP contribution in [-0.2, 0) is 14.8 Å². The minimum Gasteiger partial charge on any atom is -0.493 e. The Balaban J connectivity index is 1.57. The summed E-state index contributed by atoms with van der Waals surface area (Å²) in [6, 6.07) is 13.9. The summed E-state index contributed by atoms with van der Waals surface area (Å²) >= 11 is 0. The fraction of sp³-hybridized carbons (Fsp3) is 0.435. The number of para-hydroxylation sites is 2. The second-order valence-corrected chi connectivity index (χ2v) is 9.82. The molecule has 1 heterocycles. The van der Waals surface area contributed by atoms with E-state index in [0.29, 0.717) is 30.9 Å². The Morgan fingerprint density at radius 2 is 1.84 bits per heavy atom. The summed E-state index contributed by atoms with van der Waals surface area (Å²) in [6.45, 7) is 4.66. The molecule has 1 saturated heterocycles. The first-order chi connectivity index (χ1) is 14.8. The maximum atomic E-state index is 13.0. The van der Waals surface area contributed by atoms with E-state index in [1.165, 1.54) is 4.31 Å². The number of ether oxygens (including phenoxy) is 2. The Kier molecular flexibility index (Phi) is 7.56. The van der Waals surface area contributed by atoms with Gasteiger partial charge in [0.1, 0.15) is 6.61 Å². The molecule has 1 aliphatic heterocycles. The zero-order valence-electron chi connectivity index (χ0n) is 18.2. The summed E-state index contributed by atoms with van der Waals surface area (Å²) in [7, 11) is -2.04. The van der Waals surface area contributed by atoms with E-state index in [4.69, 9.17) is 9.47 Å². The summed E-state index contributed by atoms with van der Waals surface area (Å²) in [5.74, 6) is 0.701. The number of aryl methyl sites for hydroxylation is 1. The van der Waals surface area contributed by atoms with Crippen LogP contribution in [0.15, 0.2) is 53.4 Å². The Hall–Kier alpha value is -2.58. The van der Waals surface area contributed by atoms with E-state index in [2.05, 4.69) is 5.32 Å². The highest BCUT2D eigenvalue weighted by Gasteiger charge is 2.33. The molecule has 1 N–H and O–H groups in total. The SMILES string of the molecule is COc1ccccc1OC[C@@H](C)NC(=O)[C@@H]1CCCN(S(=O)(=O)c2ccc(C)cc2)C1. The molecule has 0 spiro atoms. The minimum atomic E-state index is -3.61. The van der Waals surface area contributed by atoms with Crippen molar-refractivity contribution >= 4 is 15.9 Å². The monoisotopic (exact) mass is 446 g/mol. The summed E-state index contributed by atoms with van der Waals surface area (Å²) in [5.41, 5.74) is 0.999. The van der Waals surface area contributed by atoms with Gasteiger partial charge in [-0.05, 0) is 51.0 Å². The van der Waals surface area contributed by atoms with E-state index in [1.54, 1.807) is 31.4 Å². The number of nitrogens with zero attached hydrogens (tertiary/aromatic N) is 1. The van der Waals surface area contributed by atoms with E-state index in [9.17, 15) is 13.2 Å². The van der Waals surface area contributed by atoms with Crippen molar-refractivity contribution in [2.75, 3.05) is 26.8 Å². The molecule has 2 aromatic rings. The van der Waals surface area contributed by atoms with Crippen molar-refractivity contribution in [3.05, 3.63) is 54.1 Å². The van der Waals surface area contributed by atoms with Crippen LogP contribution < -0.4 is 14.8 Å². The molecule has 0 saturated carbocycles. The number of benzene rings is 2. The van der Waals surface area contributed by atoms with Crippen molar-refractivity contribution in [1.29, 1.82) is 0 Å². The number of carbonyl (C=O) groups excluding carboxylic acids is 1. The number of piperidine rings is 1. The molecule has 8 heteroatoms. The van der Waals surface area contributed by atoms with Gasteiger partial charge in [-0.25, -0.2) is 8.42 Å². The van der Waals surface area contributed by atoms with E-state index in [1.807, 2.05) is 38.1 Å². The van der Waals surface area contributed by atoms with Crippen molar-refractivity contribution in [3.8, 4) is 11.5 Å². The number of methoxy groups -OCH3 is 1. The van der Waals surface area contributed by atoms with E-state index >= 15 is 0 Å². The third-order valence-electron chi connectivity index (χ3n) is 5.36. The lowest BCUT2D eigenvalue weighted by Crippen LogP contribution is -2.48. The van der Waals surface area contributed by atoms with Crippen molar-refractivity contribution in [2.24, 2.45) is 5.92 Å². The van der Waals surface area contributed by atoms with Gasteiger partial charge < -0.3 is 14.8 Å². The summed E-state index contributed by atoms with van der Waals surface area (Å²) in [5, 5.41) is 2.95. The Morgan fingerprint density at radius 1 is 1.16 bits per heavy atom. The lowest BCUT2D eigenvalue weighted by molar-refractivity contribution is -0.126. The van der Waals surface area contributed by atoms with Crippen LogP contribution in [0.4, 0.5) is 0 Å². The molecular weight excluding hydrogens is 416 g/mol. The van der Waals surface area contributed by atoms with Crippen LogP contribution in [0.1, 0.15) is 25.3 Å². The fourth-order valence-corrected chi connectivity index (χ4v) is 5.11. The summed E-state index contributed by atoms with van der Waals surface area (Å²) in [6.07, 6.45) is 1.31. The predicted octanol–water partition coefficient (Wildman–Crippen LogP) is 2.99. The molecule has 0 aromatic heterocycles. The normalized spacial score (nSPS) is 18.2. The lowest BCUT2D eigenvalue weighted by Gasteiger charge is -2.32. The second-order valence-electron chi connectivity index (χ2n) is 7.89. The zero-order valence-corrected chi connectivity index (χ0v) is 19.0. The number of amides is 1. The van der Waals surface area contributed by atoms with Crippen LogP contribution in [-0.4, -0.2) is 51.5 Å². The number of nitrogens with one attached hydrogen (secondary N) is 1. The van der Waals surface area contributed by atoms with Gasteiger partial charge in [-0.1, -0.05) is 29.8 Å². The predicted molar refractivity (Wildman–Crippen MR) is 119 cm³/mol. The van der Waals surface area contributed by atoms with Gasteiger partial charge in [0.15, 0.2) is 11.5 Å². The molecule has 2 atom stereocenters. The molecule has 31 heavy (non-hydrogen) atoms. The molecule has 1 amide bonds. The number of sulfonamides is 1. The highest BCUT2D eigenvalue weighted by molar-refractivity contribution is 7.89. The van der Waals surface area contributed by atoms with Crippen LogP contribution in [0.5, 0.6) is 11.5 Å². The van der Waals surface area contributed by atoms with E-state index in [0.717, 1.165) is 5.56 Å². The summed E-state index contributed by atoms with van der Waals surface area (Å²) in [4.78, 5) is 13.0. The molecule has 0 unspecified atom stereocenters. The fourth-order valence-electron chi connectivity index (χ4n) is 3.59. The average Bonchev–Trinajstić information content (AvgIpc) is 2.78. The van der Waals surface area contributed by atoms with E-state index in [-0.39, 0.29) is 35.9 Å². The Labute approximate surface area is 184 Å². The maximum absolute atomic E-state index is 13.0. The third kappa shape index (κ3) is 5.77. The highest BCUT2D eigenvalue weighted by atomic mass is 32.2. The average molecular weight is 447 g/mol. The van der Waals surface area contributed by atoms with E-state index < -0.39 is 10.0 Å². The molecule has 1 aliphatic rings. The first-order valence-electron chi connectivity index (χ1n) is 10.4. The van der Waals surface area contributed by atoms with Crippen molar-refractivity contribution in [3.63, 3.8) is 0 Å². The number of hydrogen-bond acceptors (Lipinski definition) is 5. The molecule has 0 radical (unpaired) electrons. The van der Waals surface area contributed by atoms with Gasteiger partial charge >= 0.3 is 0 Å². The Morgan fingerprint density at radius 3 is 2.52 bits per heavy atom. The van der Waals surface area contributed by atoms with Gasteiger partial charge in [0, 0.05) is 13.1 Å². The van der Waals surface area contributed by atoms with Crippen LogP contribution in [0, 0.1) is 12.8 Å². The second kappa shape index (κ2) is 10.2. The molecular formula is C23H30N2O5S. The molecule has 168 valence electrons. The smallest absolute Gasteiger partial charge is 0.243 e. The van der Waals surface area contributed by atoms with Crippen molar-refractivity contribution in [2.45, 2.75) is 37.6 Å². The molecule has 2 aromatic carbocycles. The zero-order chi connectivity index (χ0) is 22.4. The number of hydrogen-bond donors (Lipinski definition) is 1. The summed E-state index contributed by atoms with van der Waals surface area (Å²) < 4.78 is 38.4. The molecule has 7 nitrogen and oxygen atoms in total.